The standard InChI is InChI=1S/C16H21N3O2S/c20-14(18-16(21)17-11-3-4-11)9-19-7-5-13-12(6-8-22-13)15(19)10-1-2-10/h6,8,10-11,15H,1-5,7,9H2,(H2,17,18,20,21)/p+1/t15-/m1/s1. The molecule has 3 N–H and O–H groups in total. The molecule has 5 nitrogen and oxygen atoms in total. The molecule has 3 amide bonds. The zero-order chi connectivity index (χ0) is 15.1. The Bertz CT molecular complexity index is 592. The third-order valence-electron chi connectivity index (χ3n) is 4.87. The molecule has 2 atom stereocenters. The molecule has 0 radical (unpaired) electrons. The van der Waals surface area contributed by atoms with Gasteiger partial charge < -0.3 is 10.2 Å². The van der Waals surface area contributed by atoms with Gasteiger partial charge in [0.2, 0.25) is 0 Å². The first-order valence-corrected chi connectivity index (χ1v) is 9.10. The summed E-state index contributed by atoms with van der Waals surface area (Å²) in [6.07, 6.45) is 5.65. The fourth-order valence-corrected chi connectivity index (χ4v) is 4.45. The Morgan fingerprint density at radius 2 is 2.09 bits per heavy atom. The lowest BCUT2D eigenvalue weighted by Gasteiger charge is -2.32. The normalized spacial score (nSPS) is 27.1. The number of carbonyl (C=O) groups excluding carboxylic acids is 2. The van der Waals surface area contributed by atoms with Crippen molar-refractivity contribution in [3.8, 4) is 0 Å². The monoisotopic (exact) mass is 320 g/mol. The number of hydrogen-bond acceptors (Lipinski definition) is 3. The number of hydrogen-bond donors (Lipinski definition) is 3. The van der Waals surface area contributed by atoms with E-state index < -0.39 is 0 Å². The summed E-state index contributed by atoms with van der Waals surface area (Å²) in [6.45, 7) is 1.39. The van der Waals surface area contributed by atoms with Crippen molar-refractivity contribution in [1.82, 2.24) is 10.6 Å². The van der Waals surface area contributed by atoms with Crippen molar-refractivity contribution in [2.24, 2.45) is 5.92 Å². The van der Waals surface area contributed by atoms with E-state index in [1.807, 2.05) is 11.3 Å². The quantitative estimate of drug-likeness (QED) is 0.762. The van der Waals surface area contributed by atoms with Gasteiger partial charge in [0, 0.05) is 28.8 Å². The highest BCUT2D eigenvalue weighted by molar-refractivity contribution is 7.10. The van der Waals surface area contributed by atoms with Crippen molar-refractivity contribution in [2.75, 3.05) is 13.1 Å². The summed E-state index contributed by atoms with van der Waals surface area (Å²) in [5.41, 5.74) is 1.45. The second-order valence-electron chi connectivity index (χ2n) is 6.75. The third kappa shape index (κ3) is 3.03. The fraction of sp³-hybridized carbons (Fsp3) is 0.625. The summed E-state index contributed by atoms with van der Waals surface area (Å²) in [5.74, 6) is 0.564. The summed E-state index contributed by atoms with van der Waals surface area (Å²) in [7, 11) is 0. The zero-order valence-corrected chi connectivity index (χ0v) is 13.4. The van der Waals surface area contributed by atoms with Gasteiger partial charge in [0.05, 0.1) is 6.54 Å². The third-order valence-corrected chi connectivity index (χ3v) is 5.87. The van der Waals surface area contributed by atoms with E-state index >= 15 is 0 Å². The number of quaternary nitrogens is 1. The Kier molecular flexibility index (Phi) is 3.66. The van der Waals surface area contributed by atoms with Gasteiger partial charge in [-0.15, -0.1) is 11.3 Å². The molecule has 1 aromatic rings. The van der Waals surface area contributed by atoms with Gasteiger partial charge in [0.1, 0.15) is 6.04 Å². The number of fused-ring (bicyclic) bond motifs is 1. The van der Waals surface area contributed by atoms with Gasteiger partial charge in [0.15, 0.2) is 6.54 Å². The van der Waals surface area contributed by atoms with Crippen molar-refractivity contribution >= 4 is 23.3 Å². The Hall–Kier alpha value is -1.40. The first-order chi connectivity index (χ1) is 10.7. The van der Waals surface area contributed by atoms with Gasteiger partial charge in [-0.1, -0.05) is 0 Å². The Morgan fingerprint density at radius 3 is 2.82 bits per heavy atom. The molecule has 1 aromatic heterocycles. The van der Waals surface area contributed by atoms with Gasteiger partial charge in [-0.3, -0.25) is 10.1 Å². The summed E-state index contributed by atoms with van der Waals surface area (Å²) < 4.78 is 0. The molecule has 0 aromatic carbocycles. The predicted molar refractivity (Wildman–Crippen MR) is 83.9 cm³/mol. The van der Waals surface area contributed by atoms with E-state index in [1.54, 1.807) is 0 Å². The molecule has 2 aliphatic carbocycles. The average molecular weight is 320 g/mol. The first-order valence-electron chi connectivity index (χ1n) is 8.22. The number of thiophene rings is 1. The molecule has 3 aliphatic rings. The van der Waals surface area contributed by atoms with Crippen LogP contribution in [0.25, 0.3) is 0 Å². The van der Waals surface area contributed by atoms with E-state index in [4.69, 9.17) is 0 Å². The van der Waals surface area contributed by atoms with Crippen molar-refractivity contribution < 1.29 is 14.5 Å². The largest absolute Gasteiger partial charge is 0.335 e. The lowest BCUT2D eigenvalue weighted by atomic mass is 9.96. The molecule has 2 fully saturated rings. The molecule has 6 heteroatoms. The number of imide groups is 1. The Balaban J connectivity index is 1.39. The second-order valence-corrected chi connectivity index (χ2v) is 7.75. The maximum Gasteiger partial charge on any atom is 0.321 e. The molecule has 22 heavy (non-hydrogen) atoms. The molecule has 4 rings (SSSR count). The summed E-state index contributed by atoms with van der Waals surface area (Å²) in [5, 5.41) is 7.46. The van der Waals surface area contributed by atoms with Gasteiger partial charge in [-0.25, -0.2) is 4.79 Å². The van der Waals surface area contributed by atoms with Gasteiger partial charge in [-0.2, -0.15) is 0 Å². The molecule has 1 aliphatic heterocycles. The highest BCUT2D eigenvalue weighted by Crippen LogP contribution is 2.42. The van der Waals surface area contributed by atoms with E-state index in [2.05, 4.69) is 22.1 Å². The number of amides is 3. The molecule has 0 spiro atoms. The highest BCUT2D eigenvalue weighted by atomic mass is 32.1. The molecular formula is C16H22N3O2S+. The number of carbonyl (C=O) groups is 2. The fourth-order valence-electron chi connectivity index (χ4n) is 3.52. The van der Waals surface area contributed by atoms with Crippen LogP contribution in [0.3, 0.4) is 0 Å². The summed E-state index contributed by atoms with van der Waals surface area (Å²) >= 11 is 1.84. The van der Waals surface area contributed by atoms with Crippen LogP contribution in [0.1, 0.15) is 42.2 Å². The van der Waals surface area contributed by atoms with Gasteiger partial charge in [0.25, 0.3) is 5.91 Å². The van der Waals surface area contributed by atoms with Crippen LogP contribution in [0.2, 0.25) is 0 Å². The van der Waals surface area contributed by atoms with Crippen molar-refractivity contribution in [3.63, 3.8) is 0 Å². The topological polar surface area (TPSA) is 62.6 Å². The van der Waals surface area contributed by atoms with E-state index in [9.17, 15) is 9.59 Å². The molecule has 0 saturated heterocycles. The molecule has 2 heterocycles. The zero-order valence-electron chi connectivity index (χ0n) is 12.6. The van der Waals surface area contributed by atoms with Crippen LogP contribution in [-0.4, -0.2) is 31.1 Å². The smallest absolute Gasteiger partial charge is 0.321 e. The number of nitrogens with one attached hydrogen (secondary N) is 3. The first kappa shape index (κ1) is 14.2. The van der Waals surface area contributed by atoms with Gasteiger partial charge in [-0.05, 0) is 37.1 Å². The lowest BCUT2D eigenvalue weighted by Crippen LogP contribution is -3.14. The summed E-state index contributed by atoms with van der Waals surface area (Å²) in [6, 6.07) is 2.64. The molecule has 2 saturated carbocycles. The predicted octanol–water partition coefficient (Wildman–Crippen LogP) is 0.628. The number of rotatable bonds is 4. The highest BCUT2D eigenvalue weighted by Gasteiger charge is 2.43. The molecule has 118 valence electrons. The lowest BCUT2D eigenvalue weighted by molar-refractivity contribution is -0.928. The minimum atomic E-state index is -0.330. The van der Waals surface area contributed by atoms with Crippen LogP contribution in [0.5, 0.6) is 0 Å². The minimum Gasteiger partial charge on any atom is -0.335 e. The van der Waals surface area contributed by atoms with E-state index in [0.717, 1.165) is 31.7 Å². The second kappa shape index (κ2) is 5.66. The van der Waals surface area contributed by atoms with Gasteiger partial charge >= 0.3 is 6.03 Å². The van der Waals surface area contributed by atoms with Crippen LogP contribution in [0.15, 0.2) is 11.4 Å². The number of urea groups is 1. The molecule has 1 unspecified atom stereocenters. The Labute approximate surface area is 134 Å². The molecule has 0 bridgehead atoms. The SMILES string of the molecule is O=C(C[NH+]1CCc2sccc2[C@H]1C1CC1)NC(=O)NC1CC1. The van der Waals surface area contributed by atoms with E-state index in [0.29, 0.717) is 12.6 Å². The van der Waals surface area contributed by atoms with Crippen LogP contribution in [0.4, 0.5) is 4.79 Å². The van der Waals surface area contributed by atoms with Crippen LogP contribution >= 0.6 is 11.3 Å². The van der Waals surface area contributed by atoms with Crippen molar-refractivity contribution in [2.45, 2.75) is 44.2 Å². The van der Waals surface area contributed by atoms with Crippen molar-refractivity contribution in [1.29, 1.82) is 0 Å². The van der Waals surface area contributed by atoms with E-state index in [-0.39, 0.29) is 18.0 Å². The maximum atomic E-state index is 12.2. The van der Waals surface area contributed by atoms with Crippen LogP contribution in [0, 0.1) is 5.92 Å². The van der Waals surface area contributed by atoms with Crippen LogP contribution < -0.4 is 15.5 Å². The Morgan fingerprint density at radius 1 is 1.27 bits per heavy atom. The summed E-state index contributed by atoms with van der Waals surface area (Å²) in [4.78, 5) is 26.7. The van der Waals surface area contributed by atoms with Crippen LogP contribution in [-0.2, 0) is 11.2 Å². The van der Waals surface area contributed by atoms with E-state index in [1.165, 1.54) is 28.2 Å². The molecular weight excluding hydrogens is 298 g/mol. The average Bonchev–Trinajstić information content (AvgIpc) is 3.38. The maximum absolute atomic E-state index is 12.2. The minimum absolute atomic E-state index is 0.155. The van der Waals surface area contributed by atoms with Crippen molar-refractivity contribution in [3.05, 3.63) is 21.9 Å².